The van der Waals surface area contributed by atoms with Gasteiger partial charge in [-0.1, -0.05) is 6.92 Å². The molecule has 0 aliphatic carbocycles. The lowest BCUT2D eigenvalue weighted by Crippen LogP contribution is -2.07. The second-order valence-corrected chi connectivity index (χ2v) is 4.77. The maximum Gasteiger partial charge on any atom is 0.176 e. The molecule has 2 rings (SSSR count). The van der Waals surface area contributed by atoms with E-state index in [2.05, 4.69) is 26.0 Å². The topological polar surface area (TPSA) is 83.2 Å². The van der Waals surface area contributed by atoms with Crippen LogP contribution in [0.4, 0.5) is 0 Å². The maximum absolute atomic E-state index is 9.09. The summed E-state index contributed by atoms with van der Waals surface area (Å²) in [6.45, 7) is 2.48. The van der Waals surface area contributed by atoms with E-state index in [9.17, 15) is 0 Å². The van der Waals surface area contributed by atoms with E-state index in [0.717, 1.165) is 22.3 Å². The molecule has 0 saturated carbocycles. The lowest BCUT2D eigenvalue weighted by Gasteiger charge is -2.05. The summed E-state index contributed by atoms with van der Waals surface area (Å²) in [5, 5.41) is 22.4. The SMILES string of the molecule is CCc1nn(C)c(Cn2cnc(C#N)c2C#N)c1Br. The van der Waals surface area contributed by atoms with Crippen molar-refractivity contribution in [3.05, 3.63) is 33.6 Å². The fraction of sp³-hybridized carbons (Fsp3) is 0.333. The summed E-state index contributed by atoms with van der Waals surface area (Å²) in [5.41, 5.74) is 2.33. The molecule has 0 spiro atoms. The van der Waals surface area contributed by atoms with Gasteiger partial charge in [-0.25, -0.2) is 4.98 Å². The van der Waals surface area contributed by atoms with Crippen molar-refractivity contribution in [3.8, 4) is 12.1 Å². The monoisotopic (exact) mass is 318 g/mol. The zero-order chi connectivity index (χ0) is 14.0. The summed E-state index contributed by atoms with van der Waals surface area (Å²) in [7, 11) is 1.85. The van der Waals surface area contributed by atoms with Crippen LogP contribution in [-0.4, -0.2) is 19.3 Å². The highest BCUT2D eigenvalue weighted by molar-refractivity contribution is 9.10. The summed E-state index contributed by atoms with van der Waals surface area (Å²) >= 11 is 3.53. The molecule has 2 aromatic rings. The Bertz CT molecular complexity index is 697. The van der Waals surface area contributed by atoms with Gasteiger partial charge >= 0.3 is 0 Å². The molecule has 0 bridgehead atoms. The number of hydrogen-bond acceptors (Lipinski definition) is 4. The third-order valence-electron chi connectivity index (χ3n) is 2.87. The Hall–Kier alpha value is -2.12. The number of imidazole rings is 1. The smallest absolute Gasteiger partial charge is 0.176 e. The Morgan fingerprint density at radius 1 is 1.37 bits per heavy atom. The molecule has 0 saturated heterocycles. The summed E-state index contributed by atoms with van der Waals surface area (Å²) in [4.78, 5) is 3.92. The van der Waals surface area contributed by atoms with Gasteiger partial charge in [-0.05, 0) is 22.4 Å². The number of nitrogens with zero attached hydrogens (tertiary/aromatic N) is 6. The van der Waals surface area contributed by atoms with Crippen molar-refractivity contribution < 1.29 is 0 Å². The van der Waals surface area contributed by atoms with Crippen LogP contribution in [-0.2, 0) is 20.0 Å². The predicted octanol–water partition coefficient (Wildman–Crippen LogP) is 1.73. The van der Waals surface area contributed by atoms with Gasteiger partial charge < -0.3 is 4.57 Å². The van der Waals surface area contributed by atoms with Crippen LogP contribution in [0.5, 0.6) is 0 Å². The van der Waals surface area contributed by atoms with Crippen LogP contribution in [0, 0.1) is 22.7 Å². The molecule has 0 amide bonds. The molecule has 7 heteroatoms. The first-order chi connectivity index (χ1) is 9.12. The van der Waals surface area contributed by atoms with Crippen molar-refractivity contribution in [1.82, 2.24) is 19.3 Å². The zero-order valence-electron chi connectivity index (χ0n) is 10.6. The molecular formula is C12H11BrN6. The average molecular weight is 319 g/mol. The van der Waals surface area contributed by atoms with Crippen LogP contribution in [0.25, 0.3) is 0 Å². The fourth-order valence-electron chi connectivity index (χ4n) is 1.85. The first-order valence-corrected chi connectivity index (χ1v) is 6.47. The van der Waals surface area contributed by atoms with Gasteiger partial charge in [-0.2, -0.15) is 15.6 Å². The fourth-order valence-corrected chi connectivity index (χ4v) is 2.60. The van der Waals surface area contributed by atoms with Gasteiger partial charge in [0.1, 0.15) is 12.1 Å². The van der Waals surface area contributed by atoms with Crippen molar-refractivity contribution in [1.29, 1.82) is 10.5 Å². The molecule has 2 aromatic heterocycles. The van der Waals surface area contributed by atoms with Crippen LogP contribution < -0.4 is 0 Å². The van der Waals surface area contributed by atoms with Gasteiger partial charge in [0.05, 0.1) is 28.7 Å². The number of rotatable bonds is 3. The third-order valence-corrected chi connectivity index (χ3v) is 3.79. The quantitative estimate of drug-likeness (QED) is 0.862. The van der Waals surface area contributed by atoms with E-state index >= 15 is 0 Å². The van der Waals surface area contributed by atoms with Crippen molar-refractivity contribution in [3.63, 3.8) is 0 Å². The average Bonchev–Trinajstić information content (AvgIpc) is 2.93. The van der Waals surface area contributed by atoms with E-state index in [1.807, 2.05) is 26.1 Å². The van der Waals surface area contributed by atoms with Gasteiger partial charge in [0.25, 0.3) is 0 Å². The predicted molar refractivity (Wildman–Crippen MR) is 71.0 cm³/mol. The van der Waals surface area contributed by atoms with Crippen molar-refractivity contribution in [2.75, 3.05) is 0 Å². The minimum Gasteiger partial charge on any atom is -0.315 e. The third kappa shape index (κ3) is 2.25. The summed E-state index contributed by atoms with van der Waals surface area (Å²) in [6, 6.07) is 3.92. The van der Waals surface area contributed by atoms with Gasteiger partial charge in [-0.3, -0.25) is 4.68 Å². The normalized spacial score (nSPS) is 10.2. The Balaban J connectivity index is 2.43. The Morgan fingerprint density at radius 3 is 2.63 bits per heavy atom. The van der Waals surface area contributed by atoms with Crippen molar-refractivity contribution >= 4 is 15.9 Å². The van der Waals surface area contributed by atoms with Gasteiger partial charge in [0.15, 0.2) is 11.4 Å². The van der Waals surface area contributed by atoms with E-state index < -0.39 is 0 Å². The number of halogens is 1. The Labute approximate surface area is 119 Å². The first-order valence-electron chi connectivity index (χ1n) is 5.67. The number of aromatic nitrogens is 4. The first kappa shape index (κ1) is 13.3. The molecule has 0 unspecified atom stereocenters. The van der Waals surface area contributed by atoms with E-state index in [4.69, 9.17) is 10.5 Å². The summed E-state index contributed by atoms with van der Waals surface area (Å²) < 4.78 is 4.36. The number of hydrogen-bond donors (Lipinski definition) is 0. The molecule has 0 atom stereocenters. The molecule has 0 aliphatic heterocycles. The van der Waals surface area contributed by atoms with Crippen LogP contribution >= 0.6 is 15.9 Å². The molecule has 0 N–H and O–H groups in total. The lowest BCUT2D eigenvalue weighted by atomic mass is 10.3. The molecular weight excluding hydrogens is 308 g/mol. The molecule has 96 valence electrons. The minimum atomic E-state index is 0.150. The number of aryl methyl sites for hydroxylation is 2. The van der Waals surface area contributed by atoms with E-state index in [1.54, 1.807) is 9.25 Å². The van der Waals surface area contributed by atoms with Crippen LogP contribution in [0.1, 0.15) is 29.7 Å². The second kappa shape index (κ2) is 5.25. The van der Waals surface area contributed by atoms with E-state index in [-0.39, 0.29) is 11.4 Å². The summed E-state index contributed by atoms with van der Waals surface area (Å²) in [5.74, 6) is 0. The highest BCUT2D eigenvalue weighted by Gasteiger charge is 2.16. The largest absolute Gasteiger partial charge is 0.315 e. The van der Waals surface area contributed by atoms with Gasteiger partial charge in [0, 0.05) is 7.05 Å². The molecule has 0 aromatic carbocycles. The summed E-state index contributed by atoms with van der Waals surface area (Å²) in [6.07, 6.45) is 2.33. The van der Waals surface area contributed by atoms with Crippen LogP contribution in [0.2, 0.25) is 0 Å². The molecule has 6 nitrogen and oxygen atoms in total. The lowest BCUT2D eigenvalue weighted by molar-refractivity contribution is 0.656. The minimum absolute atomic E-state index is 0.150. The molecule has 0 fully saturated rings. The van der Waals surface area contributed by atoms with E-state index in [1.165, 1.54) is 6.33 Å². The van der Waals surface area contributed by atoms with Crippen LogP contribution in [0.3, 0.4) is 0 Å². The maximum atomic E-state index is 9.09. The Kier molecular flexibility index (Phi) is 3.68. The molecule has 0 aliphatic rings. The number of nitriles is 2. The van der Waals surface area contributed by atoms with E-state index in [0.29, 0.717) is 6.54 Å². The standard InChI is InChI=1S/C12H11BrN6/c1-3-8-12(13)11(18(2)17-8)6-19-7-16-9(4-14)10(19)5-15/h7H,3,6H2,1-2H3. The zero-order valence-corrected chi connectivity index (χ0v) is 12.1. The highest BCUT2D eigenvalue weighted by Crippen LogP contribution is 2.23. The van der Waals surface area contributed by atoms with Gasteiger partial charge in [0.2, 0.25) is 0 Å². The molecule has 0 radical (unpaired) electrons. The molecule has 2 heterocycles. The van der Waals surface area contributed by atoms with Crippen molar-refractivity contribution in [2.24, 2.45) is 7.05 Å². The molecule has 19 heavy (non-hydrogen) atoms. The van der Waals surface area contributed by atoms with Crippen LogP contribution in [0.15, 0.2) is 10.8 Å². The Morgan fingerprint density at radius 2 is 2.11 bits per heavy atom. The van der Waals surface area contributed by atoms with Gasteiger partial charge in [-0.15, -0.1) is 0 Å². The highest BCUT2D eigenvalue weighted by atomic mass is 79.9. The van der Waals surface area contributed by atoms with Crippen molar-refractivity contribution in [2.45, 2.75) is 19.9 Å². The second-order valence-electron chi connectivity index (χ2n) is 3.98.